The molecular formula is C16H16BrClO2. The van der Waals surface area contributed by atoms with Gasteiger partial charge in [0.05, 0.1) is 19.6 Å². The predicted molar refractivity (Wildman–Crippen MR) is 86.1 cm³/mol. The van der Waals surface area contributed by atoms with Gasteiger partial charge in [-0.25, -0.2) is 0 Å². The molecule has 0 saturated carbocycles. The molecule has 0 N–H and O–H groups in total. The Morgan fingerprint density at radius 1 is 1.00 bits per heavy atom. The van der Waals surface area contributed by atoms with Crippen LogP contribution in [0, 0.1) is 6.92 Å². The van der Waals surface area contributed by atoms with Crippen molar-refractivity contribution in [2.24, 2.45) is 0 Å². The van der Waals surface area contributed by atoms with Crippen LogP contribution in [-0.2, 0) is 0 Å². The van der Waals surface area contributed by atoms with E-state index in [4.69, 9.17) is 21.1 Å². The molecule has 1 atom stereocenters. The molecule has 2 nitrogen and oxygen atoms in total. The quantitative estimate of drug-likeness (QED) is 0.710. The lowest BCUT2D eigenvalue weighted by Gasteiger charge is -2.17. The fraction of sp³-hybridized carbons (Fsp3) is 0.250. The first-order chi connectivity index (χ1) is 9.56. The summed E-state index contributed by atoms with van der Waals surface area (Å²) < 4.78 is 11.6. The molecule has 2 aromatic rings. The smallest absolute Gasteiger partial charge is 0.127 e. The van der Waals surface area contributed by atoms with Crippen LogP contribution in [0.1, 0.15) is 22.1 Å². The molecule has 1 unspecified atom stereocenters. The van der Waals surface area contributed by atoms with E-state index in [1.807, 2.05) is 43.3 Å². The van der Waals surface area contributed by atoms with Crippen LogP contribution in [0.15, 0.2) is 40.9 Å². The molecule has 2 rings (SSSR count). The highest BCUT2D eigenvalue weighted by Gasteiger charge is 2.18. The molecule has 0 amide bonds. The Balaban J connectivity index is 2.47. The molecule has 20 heavy (non-hydrogen) atoms. The third-order valence-electron chi connectivity index (χ3n) is 3.23. The van der Waals surface area contributed by atoms with E-state index in [2.05, 4.69) is 15.9 Å². The topological polar surface area (TPSA) is 18.5 Å². The zero-order valence-electron chi connectivity index (χ0n) is 11.6. The first kappa shape index (κ1) is 15.2. The summed E-state index contributed by atoms with van der Waals surface area (Å²) in [6.07, 6.45) is 0. The summed E-state index contributed by atoms with van der Waals surface area (Å²) in [7, 11) is 3.26. The molecule has 4 heteroatoms. The van der Waals surface area contributed by atoms with Crippen LogP contribution in [0.5, 0.6) is 11.5 Å². The van der Waals surface area contributed by atoms with E-state index in [-0.39, 0.29) is 5.38 Å². The SMILES string of the molecule is COc1ccc(C(Cl)c2cc(Br)ccc2C)c(OC)c1. The van der Waals surface area contributed by atoms with Gasteiger partial charge >= 0.3 is 0 Å². The number of hydrogen-bond donors (Lipinski definition) is 0. The summed E-state index contributed by atoms with van der Waals surface area (Å²) in [6, 6.07) is 11.8. The minimum atomic E-state index is -0.270. The second-order valence-electron chi connectivity index (χ2n) is 4.47. The number of methoxy groups -OCH3 is 2. The Morgan fingerprint density at radius 3 is 2.40 bits per heavy atom. The van der Waals surface area contributed by atoms with Crippen LogP contribution in [0.3, 0.4) is 0 Å². The number of hydrogen-bond acceptors (Lipinski definition) is 2. The Hall–Kier alpha value is -1.19. The van der Waals surface area contributed by atoms with E-state index >= 15 is 0 Å². The van der Waals surface area contributed by atoms with Crippen molar-refractivity contribution in [3.63, 3.8) is 0 Å². The van der Waals surface area contributed by atoms with Crippen molar-refractivity contribution in [3.05, 3.63) is 57.6 Å². The Morgan fingerprint density at radius 2 is 1.75 bits per heavy atom. The lowest BCUT2D eigenvalue weighted by molar-refractivity contribution is 0.391. The van der Waals surface area contributed by atoms with Crippen molar-refractivity contribution in [1.82, 2.24) is 0 Å². The van der Waals surface area contributed by atoms with Gasteiger partial charge in [-0.3, -0.25) is 0 Å². The maximum Gasteiger partial charge on any atom is 0.127 e. The summed E-state index contributed by atoms with van der Waals surface area (Å²) >= 11 is 10.1. The molecule has 0 aliphatic carbocycles. The van der Waals surface area contributed by atoms with Gasteiger partial charge in [-0.2, -0.15) is 0 Å². The number of rotatable bonds is 4. The molecule has 0 aliphatic heterocycles. The van der Waals surface area contributed by atoms with Crippen molar-refractivity contribution in [2.45, 2.75) is 12.3 Å². The lowest BCUT2D eigenvalue weighted by atomic mass is 9.99. The van der Waals surface area contributed by atoms with E-state index in [1.165, 1.54) is 0 Å². The Labute approximate surface area is 132 Å². The summed E-state index contributed by atoms with van der Waals surface area (Å²) in [5.74, 6) is 1.48. The van der Waals surface area contributed by atoms with E-state index in [0.717, 1.165) is 32.7 Å². The summed E-state index contributed by atoms with van der Waals surface area (Å²) in [6.45, 7) is 2.05. The highest BCUT2D eigenvalue weighted by Crippen LogP contribution is 2.38. The third-order valence-corrected chi connectivity index (χ3v) is 4.19. The van der Waals surface area contributed by atoms with Gasteiger partial charge in [-0.1, -0.05) is 22.0 Å². The van der Waals surface area contributed by atoms with Gasteiger partial charge in [0.15, 0.2) is 0 Å². The Kier molecular flexibility index (Phi) is 4.95. The fourth-order valence-electron chi connectivity index (χ4n) is 2.08. The molecule has 2 aromatic carbocycles. The van der Waals surface area contributed by atoms with Gasteiger partial charge in [0, 0.05) is 16.1 Å². The number of aryl methyl sites for hydroxylation is 1. The standard InChI is InChI=1S/C16H16BrClO2/c1-10-4-5-11(17)8-14(10)16(18)13-7-6-12(19-2)9-15(13)20-3/h4-9,16H,1-3H3. The molecule has 0 saturated heterocycles. The number of alkyl halides is 1. The molecule has 0 bridgehead atoms. The van der Waals surface area contributed by atoms with Crippen LogP contribution in [0.25, 0.3) is 0 Å². The van der Waals surface area contributed by atoms with E-state index in [1.54, 1.807) is 14.2 Å². The number of halogens is 2. The van der Waals surface area contributed by atoms with Gasteiger partial charge in [0.1, 0.15) is 11.5 Å². The highest BCUT2D eigenvalue weighted by molar-refractivity contribution is 9.10. The summed E-state index contributed by atoms with van der Waals surface area (Å²) in [5, 5.41) is -0.270. The lowest BCUT2D eigenvalue weighted by Crippen LogP contribution is -2.00. The second kappa shape index (κ2) is 6.51. The summed E-state index contributed by atoms with van der Waals surface area (Å²) in [4.78, 5) is 0. The monoisotopic (exact) mass is 354 g/mol. The van der Waals surface area contributed by atoms with Crippen molar-refractivity contribution in [2.75, 3.05) is 14.2 Å². The molecular weight excluding hydrogens is 340 g/mol. The van der Waals surface area contributed by atoms with E-state index < -0.39 is 0 Å². The maximum absolute atomic E-state index is 6.65. The molecule has 106 valence electrons. The zero-order chi connectivity index (χ0) is 14.7. The minimum absolute atomic E-state index is 0.270. The molecule has 0 aliphatic rings. The average molecular weight is 356 g/mol. The molecule has 0 fully saturated rings. The zero-order valence-corrected chi connectivity index (χ0v) is 14.0. The number of ether oxygens (including phenoxy) is 2. The van der Waals surface area contributed by atoms with Crippen molar-refractivity contribution in [1.29, 1.82) is 0 Å². The van der Waals surface area contributed by atoms with Gasteiger partial charge in [0.2, 0.25) is 0 Å². The maximum atomic E-state index is 6.65. The average Bonchev–Trinajstić information content (AvgIpc) is 2.48. The van der Waals surface area contributed by atoms with E-state index in [0.29, 0.717) is 0 Å². The van der Waals surface area contributed by atoms with Crippen molar-refractivity contribution in [3.8, 4) is 11.5 Å². The number of benzene rings is 2. The first-order valence-electron chi connectivity index (χ1n) is 6.19. The van der Waals surface area contributed by atoms with Crippen molar-refractivity contribution >= 4 is 27.5 Å². The van der Waals surface area contributed by atoms with Gasteiger partial charge in [-0.05, 0) is 42.3 Å². The summed E-state index contributed by atoms with van der Waals surface area (Å²) in [5.41, 5.74) is 3.13. The Bertz CT molecular complexity index is 613. The third kappa shape index (κ3) is 3.10. The molecule has 0 aromatic heterocycles. The largest absolute Gasteiger partial charge is 0.497 e. The molecule has 0 radical (unpaired) electrons. The predicted octanol–water partition coefficient (Wildman–Crippen LogP) is 5.10. The first-order valence-corrected chi connectivity index (χ1v) is 7.41. The fourth-order valence-corrected chi connectivity index (χ4v) is 2.87. The van der Waals surface area contributed by atoms with Gasteiger partial charge in [-0.15, -0.1) is 11.6 Å². The second-order valence-corrected chi connectivity index (χ2v) is 5.82. The van der Waals surface area contributed by atoms with Crippen LogP contribution >= 0.6 is 27.5 Å². The normalized spacial score (nSPS) is 12.1. The van der Waals surface area contributed by atoms with E-state index in [9.17, 15) is 0 Å². The van der Waals surface area contributed by atoms with Gasteiger partial charge < -0.3 is 9.47 Å². The highest BCUT2D eigenvalue weighted by atomic mass is 79.9. The van der Waals surface area contributed by atoms with Gasteiger partial charge in [0.25, 0.3) is 0 Å². The van der Waals surface area contributed by atoms with Crippen LogP contribution in [0.2, 0.25) is 0 Å². The van der Waals surface area contributed by atoms with Crippen LogP contribution in [-0.4, -0.2) is 14.2 Å². The van der Waals surface area contributed by atoms with Crippen LogP contribution < -0.4 is 9.47 Å². The van der Waals surface area contributed by atoms with Crippen LogP contribution in [0.4, 0.5) is 0 Å². The molecule has 0 spiro atoms. The van der Waals surface area contributed by atoms with Crippen molar-refractivity contribution < 1.29 is 9.47 Å². The minimum Gasteiger partial charge on any atom is -0.497 e. The molecule has 0 heterocycles.